The topological polar surface area (TPSA) is 108 Å². The standard InChI is InChI=1S/C22H20ClN3O4S/c23-15-5-7-16(8-6-15)24-20-22(11-1-2-12-22)26(21(25-20)31-13-18(27)28)17-9-3-14(4-10-17)19(29)30/h3-10H,1-2,11-13H2,(H,27,28)(H,29,30)/p-2. The Balaban J connectivity index is 1.79. The third kappa shape index (κ3) is 4.31. The van der Waals surface area contributed by atoms with Crippen molar-refractivity contribution in [3.05, 3.63) is 59.1 Å². The van der Waals surface area contributed by atoms with Crippen LogP contribution in [0.5, 0.6) is 0 Å². The average Bonchev–Trinajstić information content (AvgIpc) is 3.34. The molecule has 0 N–H and O–H groups in total. The van der Waals surface area contributed by atoms with Gasteiger partial charge in [0.25, 0.3) is 0 Å². The van der Waals surface area contributed by atoms with Crippen LogP contribution in [-0.4, -0.2) is 34.2 Å². The Morgan fingerprint density at radius 2 is 1.71 bits per heavy atom. The second-order valence-electron chi connectivity index (χ2n) is 7.38. The van der Waals surface area contributed by atoms with E-state index in [0.717, 1.165) is 43.1 Å². The third-order valence-corrected chi connectivity index (χ3v) is 6.57. The van der Waals surface area contributed by atoms with Crippen LogP contribution in [0.1, 0.15) is 36.0 Å². The highest BCUT2D eigenvalue weighted by Gasteiger charge is 2.51. The number of carboxylic acid groups (broad SMARTS) is 2. The molecule has 1 fully saturated rings. The molecule has 1 aliphatic carbocycles. The summed E-state index contributed by atoms with van der Waals surface area (Å²) in [6, 6.07) is 13.4. The molecule has 2 aromatic rings. The van der Waals surface area contributed by atoms with Gasteiger partial charge in [-0.25, -0.2) is 9.98 Å². The lowest BCUT2D eigenvalue weighted by Gasteiger charge is -2.37. The number of carboxylic acids is 2. The molecular formula is C22H18ClN3O4S-2. The van der Waals surface area contributed by atoms with Crippen LogP contribution in [0, 0.1) is 0 Å². The molecule has 0 unspecified atom stereocenters. The number of carbonyl (C=O) groups excluding carboxylic acids is 2. The smallest absolute Gasteiger partial charge is 0.171 e. The Morgan fingerprint density at radius 1 is 1.06 bits per heavy atom. The zero-order valence-corrected chi connectivity index (χ0v) is 18.0. The maximum atomic E-state index is 11.2. The van der Waals surface area contributed by atoms with Gasteiger partial charge in [-0.15, -0.1) is 0 Å². The molecule has 1 heterocycles. The first-order valence-electron chi connectivity index (χ1n) is 9.77. The summed E-state index contributed by atoms with van der Waals surface area (Å²) >= 11 is 7.05. The second kappa shape index (κ2) is 8.72. The summed E-state index contributed by atoms with van der Waals surface area (Å²) in [6.45, 7) is 0. The average molecular weight is 456 g/mol. The zero-order chi connectivity index (χ0) is 22.0. The van der Waals surface area contributed by atoms with Crippen molar-refractivity contribution in [3.8, 4) is 0 Å². The van der Waals surface area contributed by atoms with E-state index in [2.05, 4.69) is 0 Å². The van der Waals surface area contributed by atoms with Gasteiger partial charge in [0.2, 0.25) is 0 Å². The van der Waals surface area contributed by atoms with E-state index in [4.69, 9.17) is 21.6 Å². The highest BCUT2D eigenvalue weighted by Crippen LogP contribution is 2.45. The Hall–Kier alpha value is -2.84. The number of benzene rings is 2. The van der Waals surface area contributed by atoms with Gasteiger partial charge in [0, 0.05) is 16.5 Å². The van der Waals surface area contributed by atoms with Gasteiger partial charge < -0.3 is 24.7 Å². The molecule has 4 rings (SSSR count). The van der Waals surface area contributed by atoms with Crippen molar-refractivity contribution in [2.24, 2.45) is 9.98 Å². The summed E-state index contributed by atoms with van der Waals surface area (Å²) in [5.74, 6) is -2.09. The van der Waals surface area contributed by atoms with Gasteiger partial charge in [0.1, 0.15) is 5.54 Å². The van der Waals surface area contributed by atoms with E-state index >= 15 is 0 Å². The highest BCUT2D eigenvalue weighted by atomic mass is 35.5. The first kappa shape index (κ1) is 21.4. The molecule has 2 aliphatic rings. The lowest BCUT2D eigenvalue weighted by molar-refractivity contribution is -0.301. The predicted molar refractivity (Wildman–Crippen MR) is 118 cm³/mol. The number of amidine groups is 2. The largest absolute Gasteiger partial charge is 0.549 e. The molecule has 2 aromatic carbocycles. The quantitative estimate of drug-likeness (QED) is 0.685. The number of anilines is 1. The molecule has 1 spiro atoms. The van der Waals surface area contributed by atoms with E-state index in [1.165, 1.54) is 12.1 Å². The van der Waals surface area contributed by atoms with Crippen LogP contribution in [0.4, 0.5) is 11.4 Å². The minimum atomic E-state index is -1.26. The minimum Gasteiger partial charge on any atom is -0.549 e. The number of hydrogen-bond acceptors (Lipinski definition) is 7. The van der Waals surface area contributed by atoms with E-state index in [1.54, 1.807) is 36.4 Å². The maximum absolute atomic E-state index is 11.2. The molecule has 7 nitrogen and oxygen atoms in total. The van der Waals surface area contributed by atoms with Crippen molar-refractivity contribution in [2.45, 2.75) is 31.2 Å². The lowest BCUT2D eigenvalue weighted by atomic mass is 9.94. The summed E-state index contributed by atoms with van der Waals surface area (Å²) in [6.07, 6.45) is 3.53. The number of carbonyl (C=O) groups is 2. The van der Waals surface area contributed by atoms with Crippen LogP contribution in [-0.2, 0) is 4.79 Å². The molecule has 1 saturated carbocycles. The Kier molecular flexibility index (Phi) is 6.02. The van der Waals surface area contributed by atoms with Crippen LogP contribution in [0.3, 0.4) is 0 Å². The molecule has 0 amide bonds. The van der Waals surface area contributed by atoms with E-state index in [0.29, 0.717) is 21.7 Å². The molecule has 31 heavy (non-hydrogen) atoms. The van der Waals surface area contributed by atoms with Crippen molar-refractivity contribution >= 4 is 57.7 Å². The molecular weight excluding hydrogens is 438 g/mol. The number of aliphatic imine (C=N–C) groups is 2. The van der Waals surface area contributed by atoms with E-state index in [-0.39, 0.29) is 11.3 Å². The Morgan fingerprint density at radius 3 is 2.29 bits per heavy atom. The number of aliphatic carboxylic acids is 1. The lowest BCUT2D eigenvalue weighted by Crippen LogP contribution is -2.49. The minimum absolute atomic E-state index is 0.0688. The van der Waals surface area contributed by atoms with Gasteiger partial charge in [-0.2, -0.15) is 0 Å². The van der Waals surface area contributed by atoms with Gasteiger partial charge in [0.05, 0.1) is 17.6 Å². The van der Waals surface area contributed by atoms with Crippen LogP contribution in [0.25, 0.3) is 0 Å². The van der Waals surface area contributed by atoms with Crippen molar-refractivity contribution in [3.63, 3.8) is 0 Å². The fourth-order valence-corrected chi connectivity index (χ4v) is 4.96. The second-order valence-corrected chi connectivity index (χ2v) is 8.75. The fraction of sp³-hybridized carbons (Fsp3) is 0.273. The number of halogens is 1. The summed E-state index contributed by atoms with van der Waals surface area (Å²) < 4.78 is 0. The van der Waals surface area contributed by atoms with Crippen LogP contribution >= 0.6 is 23.4 Å². The third-order valence-electron chi connectivity index (χ3n) is 5.41. The van der Waals surface area contributed by atoms with Crippen LogP contribution < -0.4 is 15.1 Å². The molecule has 9 heteroatoms. The van der Waals surface area contributed by atoms with E-state index < -0.39 is 17.5 Å². The summed E-state index contributed by atoms with van der Waals surface area (Å²) in [5.41, 5.74) is 0.960. The van der Waals surface area contributed by atoms with Crippen molar-refractivity contribution in [1.82, 2.24) is 0 Å². The molecule has 0 bridgehead atoms. The first-order valence-corrected chi connectivity index (χ1v) is 11.1. The van der Waals surface area contributed by atoms with E-state index in [1.807, 2.05) is 4.90 Å². The summed E-state index contributed by atoms with van der Waals surface area (Å²) in [7, 11) is 0. The maximum Gasteiger partial charge on any atom is 0.171 e. The van der Waals surface area contributed by atoms with Gasteiger partial charge in [-0.05, 0) is 54.8 Å². The molecule has 0 radical (unpaired) electrons. The number of aromatic carboxylic acids is 1. The van der Waals surface area contributed by atoms with Crippen LogP contribution in [0.15, 0.2) is 58.5 Å². The van der Waals surface area contributed by atoms with Crippen molar-refractivity contribution in [1.29, 1.82) is 0 Å². The molecule has 160 valence electrons. The fourth-order valence-electron chi connectivity index (χ4n) is 4.03. The normalized spacial score (nSPS) is 18.5. The van der Waals surface area contributed by atoms with Crippen molar-refractivity contribution < 1.29 is 19.8 Å². The summed E-state index contributed by atoms with van der Waals surface area (Å²) in [5, 5.41) is 23.4. The monoisotopic (exact) mass is 455 g/mol. The Labute approximate surface area is 188 Å². The van der Waals surface area contributed by atoms with Gasteiger partial charge in [-0.3, -0.25) is 0 Å². The zero-order valence-electron chi connectivity index (χ0n) is 16.4. The van der Waals surface area contributed by atoms with E-state index in [9.17, 15) is 19.8 Å². The summed E-state index contributed by atoms with van der Waals surface area (Å²) in [4.78, 5) is 33.8. The number of nitrogens with zero attached hydrogens (tertiary/aromatic N) is 3. The molecule has 0 saturated heterocycles. The number of rotatable bonds is 5. The van der Waals surface area contributed by atoms with Gasteiger partial charge in [0.15, 0.2) is 11.0 Å². The molecule has 1 aliphatic heterocycles. The highest BCUT2D eigenvalue weighted by molar-refractivity contribution is 8.14. The number of hydrogen-bond donors (Lipinski definition) is 0. The SMILES string of the molecule is O=C([O-])CSC1=NC(=Nc2ccc(Cl)cc2)C2(CCCC2)N1c1ccc(C(=O)[O-])cc1. The first-order chi connectivity index (χ1) is 14.9. The molecule has 0 atom stereocenters. The van der Waals surface area contributed by atoms with Crippen LogP contribution in [0.2, 0.25) is 5.02 Å². The number of thioether (sulfide) groups is 1. The van der Waals surface area contributed by atoms with Gasteiger partial charge >= 0.3 is 0 Å². The predicted octanol–water partition coefficient (Wildman–Crippen LogP) is 2.41. The molecule has 0 aromatic heterocycles. The van der Waals surface area contributed by atoms with Crippen molar-refractivity contribution in [2.75, 3.05) is 10.7 Å². The van der Waals surface area contributed by atoms with Gasteiger partial charge in [-0.1, -0.05) is 48.3 Å². The Bertz CT molecular complexity index is 1060.